The molecule has 1 aromatic rings. The summed E-state index contributed by atoms with van der Waals surface area (Å²) >= 11 is 3.41. The normalized spacial score (nSPS) is 10.2. The Kier molecular flexibility index (Phi) is 6.20. The van der Waals surface area contributed by atoms with Crippen LogP contribution in [0.1, 0.15) is 29.8 Å². The van der Waals surface area contributed by atoms with E-state index in [1.165, 1.54) is 4.90 Å². The minimum Gasteiger partial charge on any atom is -0.342 e. The number of amides is 2. The highest BCUT2D eigenvalue weighted by molar-refractivity contribution is 9.10. The average molecular weight is 341 g/mol. The van der Waals surface area contributed by atoms with Crippen LogP contribution in [-0.2, 0) is 4.79 Å². The Morgan fingerprint density at radius 3 is 2.35 bits per heavy atom. The molecular formula is C15H21BrN2O2. The van der Waals surface area contributed by atoms with Gasteiger partial charge in [-0.3, -0.25) is 9.59 Å². The molecule has 0 aliphatic heterocycles. The highest BCUT2D eigenvalue weighted by Gasteiger charge is 2.19. The van der Waals surface area contributed by atoms with Gasteiger partial charge in [0, 0.05) is 30.2 Å². The van der Waals surface area contributed by atoms with Gasteiger partial charge in [0.25, 0.3) is 5.91 Å². The van der Waals surface area contributed by atoms with Crippen molar-refractivity contribution in [3.05, 3.63) is 33.8 Å². The molecule has 2 amide bonds. The fourth-order valence-electron chi connectivity index (χ4n) is 2.00. The summed E-state index contributed by atoms with van der Waals surface area (Å²) in [6.07, 6.45) is 0. The fraction of sp³-hybridized carbons (Fsp3) is 0.467. The van der Waals surface area contributed by atoms with Gasteiger partial charge < -0.3 is 9.80 Å². The zero-order valence-electron chi connectivity index (χ0n) is 12.4. The van der Waals surface area contributed by atoms with E-state index in [-0.39, 0.29) is 18.4 Å². The van der Waals surface area contributed by atoms with Crippen LogP contribution in [0.3, 0.4) is 0 Å². The van der Waals surface area contributed by atoms with E-state index >= 15 is 0 Å². The van der Waals surface area contributed by atoms with Crippen LogP contribution in [0.2, 0.25) is 0 Å². The number of benzene rings is 1. The van der Waals surface area contributed by atoms with Crippen molar-refractivity contribution >= 4 is 27.7 Å². The summed E-state index contributed by atoms with van der Waals surface area (Å²) in [5.74, 6) is -0.164. The van der Waals surface area contributed by atoms with Gasteiger partial charge in [-0.2, -0.15) is 0 Å². The SMILES string of the molecule is CCN(CC)C(=O)CN(C)C(=O)c1cccc(Br)c1C. The molecule has 0 atom stereocenters. The number of likely N-dealkylation sites (N-methyl/N-ethyl adjacent to an activating group) is 2. The first-order valence-electron chi connectivity index (χ1n) is 6.70. The lowest BCUT2D eigenvalue weighted by Gasteiger charge is -2.23. The van der Waals surface area contributed by atoms with Crippen LogP contribution in [0.5, 0.6) is 0 Å². The summed E-state index contributed by atoms with van der Waals surface area (Å²) in [5.41, 5.74) is 1.51. The van der Waals surface area contributed by atoms with Crippen LogP contribution < -0.4 is 0 Å². The molecule has 1 aromatic carbocycles. The maximum absolute atomic E-state index is 12.4. The van der Waals surface area contributed by atoms with Gasteiger partial charge in [0.1, 0.15) is 0 Å². The van der Waals surface area contributed by atoms with Gasteiger partial charge in [0.15, 0.2) is 0 Å². The molecule has 0 fully saturated rings. The highest BCUT2D eigenvalue weighted by atomic mass is 79.9. The average Bonchev–Trinajstić information content (AvgIpc) is 2.42. The number of nitrogens with zero attached hydrogens (tertiary/aromatic N) is 2. The van der Waals surface area contributed by atoms with Crippen molar-refractivity contribution < 1.29 is 9.59 Å². The molecule has 0 aliphatic rings. The van der Waals surface area contributed by atoms with Crippen LogP contribution in [0, 0.1) is 6.92 Å². The summed E-state index contributed by atoms with van der Waals surface area (Å²) in [6.45, 7) is 7.17. The van der Waals surface area contributed by atoms with Crippen LogP contribution in [-0.4, -0.2) is 48.3 Å². The smallest absolute Gasteiger partial charge is 0.254 e. The second-order valence-electron chi connectivity index (χ2n) is 4.64. The highest BCUT2D eigenvalue weighted by Crippen LogP contribution is 2.20. The minimum absolute atomic E-state index is 0.0292. The van der Waals surface area contributed by atoms with Crippen molar-refractivity contribution in [2.75, 3.05) is 26.7 Å². The number of rotatable bonds is 5. The number of carbonyl (C=O) groups is 2. The molecule has 0 saturated carbocycles. The lowest BCUT2D eigenvalue weighted by molar-refractivity contribution is -0.131. The van der Waals surface area contributed by atoms with E-state index in [9.17, 15) is 9.59 Å². The second kappa shape index (κ2) is 7.43. The lowest BCUT2D eigenvalue weighted by Crippen LogP contribution is -2.41. The van der Waals surface area contributed by atoms with E-state index in [4.69, 9.17) is 0 Å². The fourth-order valence-corrected chi connectivity index (χ4v) is 2.36. The Morgan fingerprint density at radius 2 is 1.80 bits per heavy atom. The number of hydrogen-bond acceptors (Lipinski definition) is 2. The quantitative estimate of drug-likeness (QED) is 0.826. The Morgan fingerprint density at radius 1 is 1.20 bits per heavy atom. The number of halogens is 1. The van der Waals surface area contributed by atoms with Gasteiger partial charge >= 0.3 is 0 Å². The molecule has 1 rings (SSSR count). The minimum atomic E-state index is -0.135. The molecule has 0 radical (unpaired) electrons. The third-order valence-electron chi connectivity index (χ3n) is 3.33. The third-order valence-corrected chi connectivity index (χ3v) is 4.19. The van der Waals surface area contributed by atoms with E-state index in [1.54, 1.807) is 18.0 Å². The summed E-state index contributed by atoms with van der Waals surface area (Å²) in [4.78, 5) is 27.6. The van der Waals surface area contributed by atoms with Gasteiger partial charge in [0.05, 0.1) is 6.54 Å². The summed E-state index contributed by atoms with van der Waals surface area (Å²) in [5, 5.41) is 0. The largest absolute Gasteiger partial charge is 0.342 e. The van der Waals surface area contributed by atoms with Crippen LogP contribution in [0.4, 0.5) is 0 Å². The van der Waals surface area contributed by atoms with E-state index in [0.717, 1.165) is 10.0 Å². The Bertz CT molecular complexity index is 499. The first kappa shape index (κ1) is 16.7. The van der Waals surface area contributed by atoms with Crippen molar-refractivity contribution in [3.63, 3.8) is 0 Å². The van der Waals surface area contributed by atoms with E-state index < -0.39 is 0 Å². The predicted octanol–water partition coefficient (Wildman–Crippen LogP) is 2.70. The first-order chi connectivity index (χ1) is 9.42. The molecule has 0 heterocycles. The monoisotopic (exact) mass is 340 g/mol. The molecule has 0 N–H and O–H groups in total. The summed E-state index contributed by atoms with van der Waals surface area (Å²) in [7, 11) is 1.66. The van der Waals surface area contributed by atoms with Gasteiger partial charge in [-0.05, 0) is 38.5 Å². The molecule has 0 bridgehead atoms. The van der Waals surface area contributed by atoms with Gasteiger partial charge in [-0.1, -0.05) is 22.0 Å². The zero-order valence-corrected chi connectivity index (χ0v) is 14.0. The number of hydrogen-bond donors (Lipinski definition) is 0. The lowest BCUT2D eigenvalue weighted by atomic mass is 10.1. The van der Waals surface area contributed by atoms with Crippen molar-refractivity contribution in [2.24, 2.45) is 0 Å². The Hall–Kier alpha value is -1.36. The Labute approximate surface area is 128 Å². The molecule has 5 heteroatoms. The van der Waals surface area contributed by atoms with Crippen LogP contribution in [0.25, 0.3) is 0 Å². The summed E-state index contributed by atoms with van der Waals surface area (Å²) < 4.78 is 0.895. The maximum Gasteiger partial charge on any atom is 0.254 e. The third kappa shape index (κ3) is 3.82. The molecule has 110 valence electrons. The predicted molar refractivity (Wildman–Crippen MR) is 83.8 cm³/mol. The van der Waals surface area contributed by atoms with Crippen LogP contribution >= 0.6 is 15.9 Å². The van der Waals surface area contributed by atoms with Crippen molar-refractivity contribution in [2.45, 2.75) is 20.8 Å². The molecule has 4 nitrogen and oxygen atoms in total. The standard InChI is InChI=1S/C15H21BrN2O2/c1-5-18(6-2)14(19)10-17(4)15(20)12-8-7-9-13(16)11(12)3/h7-9H,5-6,10H2,1-4H3. The topological polar surface area (TPSA) is 40.6 Å². The molecule has 0 saturated heterocycles. The van der Waals surface area contributed by atoms with Crippen molar-refractivity contribution in [1.82, 2.24) is 9.80 Å². The molecular weight excluding hydrogens is 320 g/mol. The molecule has 20 heavy (non-hydrogen) atoms. The van der Waals surface area contributed by atoms with Gasteiger partial charge in [-0.15, -0.1) is 0 Å². The van der Waals surface area contributed by atoms with E-state index in [2.05, 4.69) is 15.9 Å². The zero-order chi connectivity index (χ0) is 15.3. The van der Waals surface area contributed by atoms with Gasteiger partial charge in [-0.25, -0.2) is 0 Å². The number of carbonyl (C=O) groups excluding carboxylic acids is 2. The Balaban J connectivity index is 2.82. The first-order valence-corrected chi connectivity index (χ1v) is 7.50. The van der Waals surface area contributed by atoms with Crippen LogP contribution in [0.15, 0.2) is 22.7 Å². The molecule has 0 aromatic heterocycles. The molecule has 0 unspecified atom stereocenters. The summed E-state index contributed by atoms with van der Waals surface area (Å²) in [6, 6.07) is 5.50. The molecule has 0 aliphatic carbocycles. The van der Waals surface area contributed by atoms with E-state index in [1.807, 2.05) is 32.9 Å². The van der Waals surface area contributed by atoms with Crippen molar-refractivity contribution in [3.8, 4) is 0 Å². The maximum atomic E-state index is 12.4. The molecule has 0 spiro atoms. The van der Waals surface area contributed by atoms with Gasteiger partial charge in [0.2, 0.25) is 5.91 Å². The van der Waals surface area contributed by atoms with E-state index in [0.29, 0.717) is 18.7 Å². The second-order valence-corrected chi connectivity index (χ2v) is 5.49. The van der Waals surface area contributed by atoms with Crippen molar-refractivity contribution in [1.29, 1.82) is 0 Å².